The molecule has 7 heteroatoms. The molecule has 0 radical (unpaired) electrons. The van der Waals surface area contributed by atoms with Gasteiger partial charge in [0.2, 0.25) is 10.0 Å². The van der Waals surface area contributed by atoms with Crippen molar-refractivity contribution < 1.29 is 13.2 Å². The lowest BCUT2D eigenvalue weighted by atomic mass is 10.00. The predicted octanol–water partition coefficient (Wildman–Crippen LogP) is 4.77. The Labute approximate surface area is 189 Å². The molecule has 0 unspecified atom stereocenters. The van der Waals surface area contributed by atoms with Crippen molar-refractivity contribution in [2.45, 2.75) is 30.2 Å². The molecule has 3 aromatic carbocycles. The van der Waals surface area contributed by atoms with E-state index < -0.39 is 16.1 Å². The van der Waals surface area contributed by atoms with E-state index in [9.17, 15) is 13.2 Å². The van der Waals surface area contributed by atoms with Gasteiger partial charge in [-0.1, -0.05) is 60.7 Å². The summed E-state index contributed by atoms with van der Waals surface area (Å²) in [4.78, 5) is 14.3. The van der Waals surface area contributed by atoms with Gasteiger partial charge >= 0.3 is 6.03 Å². The second-order valence-corrected chi connectivity index (χ2v) is 9.59. The average Bonchev–Trinajstić information content (AvgIpc) is 2.84. The fourth-order valence-electron chi connectivity index (χ4n) is 3.86. The summed E-state index contributed by atoms with van der Waals surface area (Å²) in [5.41, 5.74) is 2.28. The number of carbonyl (C=O) groups excluding carboxylic acids is 1. The number of benzene rings is 3. The maximum absolute atomic E-state index is 13.2. The van der Waals surface area contributed by atoms with Crippen molar-refractivity contribution in [3.8, 4) is 0 Å². The highest BCUT2D eigenvalue weighted by Crippen LogP contribution is 2.25. The molecule has 2 N–H and O–H groups in total. The van der Waals surface area contributed by atoms with Gasteiger partial charge in [-0.15, -0.1) is 0 Å². The van der Waals surface area contributed by atoms with E-state index in [0.717, 1.165) is 43.5 Å². The molecule has 0 atom stereocenters. The zero-order chi connectivity index (χ0) is 22.4. The van der Waals surface area contributed by atoms with E-state index in [1.54, 1.807) is 17.0 Å². The number of anilines is 1. The molecule has 1 heterocycles. The highest BCUT2D eigenvalue weighted by Gasteiger charge is 2.23. The third kappa shape index (κ3) is 5.36. The normalized spacial score (nSPS) is 14.3. The molecule has 3 aromatic rings. The first-order valence-electron chi connectivity index (χ1n) is 10.8. The third-order valence-corrected chi connectivity index (χ3v) is 7.04. The van der Waals surface area contributed by atoms with Crippen LogP contribution in [0.25, 0.3) is 0 Å². The van der Waals surface area contributed by atoms with Crippen molar-refractivity contribution >= 4 is 21.7 Å². The van der Waals surface area contributed by atoms with Crippen molar-refractivity contribution in [2.24, 2.45) is 0 Å². The fourth-order valence-corrected chi connectivity index (χ4v) is 5.07. The number of nitrogens with one attached hydrogen (secondary N) is 2. The van der Waals surface area contributed by atoms with Crippen LogP contribution in [-0.2, 0) is 10.0 Å². The smallest absolute Gasteiger partial charge is 0.321 e. The fraction of sp³-hybridized carbons (Fsp3) is 0.240. The summed E-state index contributed by atoms with van der Waals surface area (Å²) in [7, 11) is -3.79. The Kier molecular flexibility index (Phi) is 6.87. The Bertz CT molecular complexity index is 1090. The average molecular weight is 450 g/mol. The number of sulfonamides is 1. The van der Waals surface area contributed by atoms with Gasteiger partial charge in [-0.05, 0) is 54.7 Å². The van der Waals surface area contributed by atoms with Crippen molar-refractivity contribution in [1.29, 1.82) is 0 Å². The van der Waals surface area contributed by atoms with Gasteiger partial charge in [0.1, 0.15) is 0 Å². The highest BCUT2D eigenvalue weighted by atomic mass is 32.2. The van der Waals surface area contributed by atoms with E-state index in [-0.39, 0.29) is 10.9 Å². The van der Waals surface area contributed by atoms with Gasteiger partial charge < -0.3 is 10.2 Å². The monoisotopic (exact) mass is 449 g/mol. The second-order valence-electron chi connectivity index (χ2n) is 7.88. The zero-order valence-electron chi connectivity index (χ0n) is 17.8. The quantitative estimate of drug-likeness (QED) is 0.569. The van der Waals surface area contributed by atoms with Gasteiger partial charge in [0, 0.05) is 18.8 Å². The van der Waals surface area contributed by atoms with E-state index in [2.05, 4.69) is 10.0 Å². The SMILES string of the molecule is O=C(Nc1ccc(S(=O)(=O)NC(c2ccccc2)c2ccccc2)cc1)N1CCCCC1. The summed E-state index contributed by atoms with van der Waals surface area (Å²) in [6.07, 6.45) is 3.18. The van der Waals surface area contributed by atoms with Gasteiger partial charge in [0.15, 0.2) is 0 Å². The lowest BCUT2D eigenvalue weighted by molar-refractivity contribution is 0.200. The largest absolute Gasteiger partial charge is 0.325 e. The van der Waals surface area contributed by atoms with E-state index in [4.69, 9.17) is 0 Å². The Morgan fingerprint density at radius 2 is 1.28 bits per heavy atom. The molecule has 1 fully saturated rings. The van der Waals surface area contributed by atoms with E-state index >= 15 is 0 Å². The van der Waals surface area contributed by atoms with Crippen molar-refractivity contribution in [1.82, 2.24) is 9.62 Å². The van der Waals surface area contributed by atoms with Gasteiger partial charge in [0.05, 0.1) is 10.9 Å². The summed E-state index contributed by atoms with van der Waals surface area (Å²) >= 11 is 0. The van der Waals surface area contributed by atoms with Crippen molar-refractivity contribution in [2.75, 3.05) is 18.4 Å². The Balaban J connectivity index is 1.51. The number of likely N-dealkylation sites (tertiary alicyclic amines) is 1. The van der Waals surface area contributed by atoms with Crippen LogP contribution in [-0.4, -0.2) is 32.4 Å². The molecular weight excluding hydrogens is 422 g/mol. The molecule has 0 spiro atoms. The minimum atomic E-state index is -3.79. The van der Waals surface area contributed by atoms with Crippen molar-refractivity contribution in [3.05, 3.63) is 96.1 Å². The second kappa shape index (κ2) is 9.97. The molecule has 0 aromatic heterocycles. The van der Waals surface area contributed by atoms with Crippen LogP contribution in [0.5, 0.6) is 0 Å². The van der Waals surface area contributed by atoms with Gasteiger partial charge in [-0.2, -0.15) is 4.72 Å². The van der Waals surface area contributed by atoms with Gasteiger partial charge in [0.25, 0.3) is 0 Å². The van der Waals surface area contributed by atoms with Gasteiger partial charge in [-0.25, -0.2) is 13.2 Å². The van der Waals surface area contributed by atoms with Crippen LogP contribution < -0.4 is 10.0 Å². The number of hydrogen-bond acceptors (Lipinski definition) is 3. The van der Waals surface area contributed by atoms with Crippen LogP contribution in [0.2, 0.25) is 0 Å². The summed E-state index contributed by atoms with van der Waals surface area (Å²) < 4.78 is 29.2. The first-order valence-corrected chi connectivity index (χ1v) is 12.3. The maximum atomic E-state index is 13.2. The number of amides is 2. The molecule has 166 valence electrons. The Hall–Kier alpha value is -3.16. The lowest BCUT2D eigenvalue weighted by Crippen LogP contribution is -2.38. The minimum Gasteiger partial charge on any atom is -0.325 e. The Morgan fingerprint density at radius 3 is 1.81 bits per heavy atom. The van der Waals surface area contributed by atoms with E-state index in [1.807, 2.05) is 60.7 Å². The summed E-state index contributed by atoms with van der Waals surface area (Å²) in [5, 5.41) is 2.85. The summed E-state index contributed by atoms with van der Waals surface area (Å²) in [6, 6.07) is 24.6. The molecule has 1 aliphatic heterocycles. The van der Waals surface area contributed by atoms with E-state index in [1.165, 1.54) is 12.1 Å². The number of nitrogens with zero attached hydrogens (tertiary/aromatic N) is 1. The first-order chi connectivity index (χ1) is 15.5. The molecule has 1 aliphatic rings. The standard InChI is InChI=1S/C25H27N3O3S/c29-25(28-18-8-3-9-19-28)26-22-14-16-23(17-15-22)32(30,31)27-24(20-10-4-1-5-11-20)21-12-6-2-7-13-21/h1-2,4-7,10-17,24,27H,3,8-9,18-19H2,(H,26,29). The number of piperidine rings is 1. The minimum absolute atomic E-state index is 0.144. The zero-order valence-corrected chi connectivity index (χ0v) is 18.6. The Morgan fingerprint density at radius 1 is 0.750 bits per heavy atom. The van der Waals surface area contributed by atoms with E-state index in [0.29, 0.717) is 5.69 Å². The molecule has 0 bridgehead atoms. The third-order valence-electron chi connectivity index (χ3n) is 5.60. The van der Waals surface area contributed by atoms with Crippen LogP contribution in [0.15, 0.2) is 89.8 Å². The summed E-state index contributed by atoms with van der Waals surface area (Å²) in [6.45, 7) is 1.51. The topological polar surface area (TPSA) is 78.5 Å². The molecule has 2 amide bonds. The first kappa shape index (κ1) is 22.0. The van der Waals surface area contributed by atoms with Crippen LogP contribution in [0.1, 0.15) is 36.4 Å². The molecular formula is C25H27N3O3S. The van der Waals surface area contributed by atoms with Crippen LogP contribution in [0.3, 0.4) is 0 Å². The molecule has 0 aliphatic carbocycles. The number of hydrogen-bond donors (Lipinski definition) is 2. The maximum Gasteiger partial charge on any atom is 0.321 e. The molecule has 4 rings (SSSR count). The van der Waals surface area contributed by atoms with Crippen LogP contribution in [0.4, 0.5) is 10.5 Å². The van der Waals surface area contributed by atoms with Crippen molar-refractivity contribution in [3.63, 3.8) is 0 Å². The number of rotatable bonds is 6. The molecule has 32 heavy (non-hydrogen) atoms. The molecule has 0 saturated carbocycles. The molecule has 6 nitrogen and oxygen atoms in total. The summed E-state index contributed by atoms with van der Waals surface area (Å²) in [5.74, 6) is 0. The predicted molar refractivity (Wildman–Crippen MR) is 126 cm³/mol. The molecule has 1 saturated heterocycles. The number of urea groups is 1. The van der Waals surface area contributed by atoms with Crippen LogP contribution in [0, 0.1) is 0 Å². The lowest BCUT2D eigenvalue weighted by Gasteiger charge is -2.26. The van der Waals surface area contributed by atoms with Gasteiger partial charge in [-0.3, -0.25) is 0 Å². The highest BCUT2D eigenvalue weighted by molar-refractivity contribution is 7.89. The van der Waals surface area contributed by atoms with Crippen LogP contribution >= 0.6 is 0 Å². The number of carbonyl (C=O) groups is 1.